The third kappa shape index (κ3) is 3.92. The fourth-order valence-corrected chi connectivity index (χ4v) is 2.95. The minimum Gasteiger partial charge on any atom is -0.368 e. The molecule has 0 aliphatic carbocycles. The highest BCUT2D eigenvalue weighted by Gasteiger charge is 2.16. The van der Waals surface area contributed by atoms with E-state index in [1.807, 2.05) is 37.3 Å². The summed E-state index contributed by atoms with van der Waals surface area (Å²) in [7, 11) is 0. The molecular formula is C19H24N4O. The van der Waals surface area contributed by atoms with Crippen molar-refractivity contribution in [3.05, 3.63) is 53.9 Å². The molecule has 0 unspecified atom stereocenters. The van der Waals surface area contributed by atoms with Crippen molar-refractivity contribution < 1.29 is 4.79 Å². The zero-order valence-corrected chi connectivity index (χ0v) is 14.3. The van der Waals surface area contributed by atoms with Crippen molar-refractivity contribution in [1.82, 2.24) is 9.88 Å². The predicted octanol–water partition coefficient (Wildman–Crippen LogP) is 2.78. The smallest absolute Gasteiger partial charge is 0.274 e. The van der Waals surface area contributed by atoms with Gasteiger partial charge in [0.05, 0.1) is 11.9 Å². The molecule has 2 heterocycles. The highest BCUT2D eigenvalue weighted by Crippen LogP contribution is 2.16. The Bertz CT molecular complexity index is 691. The summed E-state index contributed by atoms with van der Waals surface area (Å²) in [6.45, 7) is 9.46. The maximum atomic E-state index is 12.3. The lowest BCUT2D eigenvalue weighted by molar-refractivity contribution is 0.102. The third-order valence-electron chi connectivity index (χ3n) is 4.44. The van der Waals surface area contributed by atoms with Gasteiger partial charge in [-0.3, -0.25) is 4.79 Å². The van der Waals surface area contributed by atoms with Crippen molar-refractivity contribution in [2.45, 2.75) is 13.8 Å². The van der Waals surface area contributed by atoms with Crippen LogP contribution in [0.5, 0.6) is 0 Å². The number of aryl methyl sites for hydroxylation is 1. The van der Waals surface area contributed by atoms with Crippen molar-refractivity contribution in [3.63, 3.8) is 0 Å². The molecule has 2 aromatic rings. The summed E-state index contributed by atoms with van der Waals surface area (Å²) < 4.78 is 0. The lowest BCUT2D eigenvalue weighted by atomic mass is 10.2. The van der Waals surface area contributed by atoms with Gasteiger partial charge in [-0.05, 0) is 43.3 Å². The molecule has 3 rings (SSSR count). The topological polar surface area (TPSA) is 48.5 Å². The molecule has 1 aliphatic heterocycles. The molecule has 1 fully saturated rings. The second-order valence-corrected chi connectivity index (χ2v) is 6.15. The van der Waals surface area contributed by atoms with Gasteiger partial charge in [0.2, 0.25) is 0 Å². The number of piperazine rings is 1. The molecule has 1 amide bonds. The third-order valence-corrected chi connectivity index (χ3v) is 4.44. The first-order valence-corrected chi connectivity index (χ1v) is 8.47. The van der Waals surface area contributed by atoms with E-state index in [0.717, 1.165) is 49.7 Å². The Hall–Kier alpha value is -2.40. The van der Waals surface area contributed by atoms with Crippen LogP contribution in [0.4, 0.5) is 11.4 Å². The Morgan fingerprint density at radius 2 is 1.96 bits per heavy atom. The van der Waals surface area contributed by atoms with Gasteiger partial charge in [-0.1, -0.05) is 19.1 Å². The molecule has 1 aliphatic rings. The predicted molar refractivity (Wildman–Crippen MR) is 97.7 cm³/mol. The van der Waals surface area contributed by atoms with E-state index in [2.05, 4.69) is 27.0 Å². The summed E-state index contributed by atoms with van der Waals surface area (Å²) in [5.41, 5.74) is 3.43. The van der Waals surface area contributed by atoms with Crippen LogP contribution < -0.4 is 10.2 Å². The normalized spacial score (nSPS) is 15.3. The van der Waals surface area contributed by atoms with Crippen molar-refractivity contribution in [3.8, 4) is 0 Å². The van der Waals surface area contributed by atoms with Crippen molar-refractivity contribution in [1.29, 1.82) is 0 Å². The number of pyridine rings is 1. The van der Waals surface area contributed by atoms with E-state index in [-0.39, 0.29) is 5.91 Å². The Morgan fingerprint density at radius 3 is 2.58 bits per heavy atom. The summed E-state index contributed by atoms with van der Waals surface area (Å²) in [5, 5.41) is 2.89. The number of benzene rings is 1. The van der Waals surface area contributed by atoms with Gasteiger partial charge in [-0.2, -0.15) is 0 Å². The van der Waals surface area contributed by atoms with Crippen LogP contribution in [-0.2, 0) is 0 Å². The molecule has 0 spiro atoms. The van der Waals surface area contributed by atoms with E-state index >= 15 is 0 Å². The average Bonchev–Trinajstić information content (AvgIpc) is 2.62. The number of hydrogen-bond donors (Lipinski definition) is 1. The van der Waals surface area contributed by atoms with Crippen molar-refractivity contribution >= 4 is 17.3 Å². The maximum Gasteiger partial charge on any atom is 0.274 e. The number of nitrogens with one attached hydrogen (secondary N) is 1. The molecule has 5 nitrogen and oxygen atoms in total. The second kappa shape index (κ2) is 7.45. The average molecular weight is 324 g/mol. The molecule has 0 saturated carbocycles. The molecule has 0 atom stereocenters. The number of aromatic nitrogens is 1. The van der Waals surface area contributed by atoms with E-state index in [1.54, 1.807) is 12.3 Å². The van der Waals surface area contributed by atoms with E-state index in [9.17, 15) is 4.79 Å². The molecule has 0 radical (unpaired) electrons. The first-order valence-electron chi connectivity index (χ1n) is 8.47. The van der Waals surface area contributed by atoms with Crippen LogP contribution in [0, 0.1) is 6.92 Å². The highest BCUT2D eigenvalue weighted by atomic mass is 16.1. The number of likely N-dealkylation sites (N-methyl/N-ethyl adjacent to an activating group) is 1. The fourth-order valence-electron chi connectivity index (χ4n) is 2.95. The van der Waals surface area contributed by atoms with Crippen molar-refractivity contribution in [2.75, 3.05) is 42.9 Å². The van der Waals surface area contributed by atoms with Crippen LogP contribution in [0.2, 0.25) is 0 Å². The molecule has 126 valence electrons. The lowest BCUT2D eigenvalue weighted by Gasteiger charge is -2.35. The van der Waals surface area contributed by atoms with Gasteiger partial charge in [0.1, 0.15) is 5.69 Å². The van der Waals surface area contributed by atoms with Crippen LogP contribution in [0.3, 0.4) is 0 Å². The zero-order chi connectivity index (χ0) is 16.9. The summed E-state index contributed by atoms with van der Waals surface area (Å²) in [6.07, 6.45) is 1.80. The first-order chi connectivity index (χ1) is 11.7. The van der Waals surface area contributed by atoms with E-state index in [1.165, 1.54) is 0 Å². The first kappa shape index (κ1) is 16.5. The Labute approximate surface area is 143 Å². The summed E-state index contributed by atoms with van der Waals surface area (Å²) >= 11 is 0. The SMILES string of the molecule is CCN1CCN(c2ccc(C(=O)Nc3cccc(C)c3)nc2)CC1. The zero-order valence-electron chi connectivity index (χ0n) is 14.3. The van der Waals surface area contributed by atoms with Gasteiger partial charge in [0, 0.05) is 31.9 Å². The highest BCUT2D eigenvalue weighted by molar-refractivity contribution is 6.02. The van der Waals surface area contributed by atoms with Crippen LogP contribution in [0.15, 0.2) is 42.6 Å². The Morgan fingerprint density at radius 1 is 1.17 bits per heavy atom. The number of nitrogens with zero attached hydrogens (tertiary/aromatic N) is 3. The van der Waals surface area contributed by atoms with Gasteiger partial charge >= 0.3 is 0 Å². The van der Waals surface area contributed by atoms with Crippen LogP contribution in [0.1, 0.15) is 23.0 Å². The van der Waals surface area contributed by atoms with Gasteiger partial charge in [-0.15, -0.1) is 0 Å². The van der Waals surface area contributed by atoms with E-state index in [0.29, 0.717) is 5.69 Å². The summed E-state index contributed by atoms with van der Waals surface area (Å²) in [5.74, 6) is -0.178. The van der Waals surface area contributed by atoms with Gasteiger partial charge in [0.25, 0.3) is 5.91 Å². The van der Waals surface area contributed by atoms with Crippen LogP contribution >= 0.6 is 0 Å². The second-order valence-electron chi connectivity index (χ2n) is 6.15. The summed E-state index contributed by atoms with van der Waals surface area (Å²) in [6, 6.07) is 11.5. The van der Waals surface area contributed by atoms with Crippen molar-refractivity contribution in [2.24, 2.45) is 0 Å². The molecule has 1 saturated heterocycles. The van der Waals surface area contributed by atoms with Gasteiger partial charge in [0.15, 0.2) is 0 Å². The number of rotatable bonds is 4. The van der Waals surface area contributed by atoms with Gasteiger partial charge < -0.3 is 15.1 Å². The molecule has 5 heteroatoms. The number of carbonyl (C=O) groups is 1. The molecule has 1 N–H and O–H groups in total. The number of hydrogen-bond acceptors (Lipinski definition) is 4. The number of anilines is 2. The van der Waals surface area contributed by atoms with Crippen LogP contribution in [0.25, 0.3) is 0 Å². The molecule has 1 aromatic carbocycles. The molecular weight excluding hydrogens is 300 g/mol. The standard InChI is InChI=1S/C19H24N4O/c1-3-22-9-11-23(12-10-22)17-7-8-18(20-14-17)19(24)21-16-6-4-5-15(2)13-16/h4-8,13-14H,3,9-12H2,1-2H3,(H,21,24). The quantitative estimate of drug-likeness (QED) is 0.939. The lowest BCUT2D eigenvalue weighted by Crippen LogP contribution is -2.46. The number of carbonyl (C=O) groups excluding carboxylic acids is 1. The molecule has 1 aromatic heterocycles. The largest absolute Gasteiger partial charge is 0.368 e. The van der Waals surface area contributed by atoms with E-state index < -0.39 is 0 Å². The molecule has 0 bridgehead atoms. The Kier molecular flexibility index (Phi) is 5.11. The Balaban J connectivity index is 1.63. The van der Waals surface area contributed by atoms with E-state index in [4.69, 9.17) is 0 Å². The maximum absolute atomic E-state index is 12.3. The molecule has 24 heavy (non-hydrogen) atoms. The summed E-state index contributed by atoms with van der Waals surface area (Å²) in [4.78, 5) is 21.4. The minimum absolute atomic E-state index is 0.178. The minimum atomic E-state index is -0.178. The van der Waals surface area contributed by atoms with Crippen LogP contribution in [-0.4, -0.2) is 48.5 Å². The number of amides is 1. The fraction of sp³-hybridized carbons (Fsp3) is 0.368. The monoisotopic (exact) mass is 324 g/mol. The van der Waals surface area contributed by atoms with Gasteiger partial charge in [-0.25, -0.2) is 4.98 Å².